The molecule has 44 heavy (non-hydrogen) atoms. The Labute approximate surface area is 260 Å². The van der Waals surface area contributed by atoms with Gasteiger partial charge in [0.1, 0.15) is 11.4 Å². The van der Waals surface area contributed by atoms with Crippen LogP contribution in [0.1, 0.15) is 44.6 Å². The molecule has 10 nitrogen and oxygen atoms in total. The zero-order valence-corrected chi connectivity index (χ0v) is 26.1. The summed E-state index contributed by atoms with van der Waals surface area (Å²) in [6.07, 6.45) is 3.57. The van der Waals surface area contributed by atoms with E-state index in [1.165, 1.54) is 20.1 Å². The van der Waals surface area contributed by atoms with Gasteiger partial charge >= 0.3 is 6.09 Å². The van der Waals surface area contributed by atoms with Gasteiger partial charge in [0.2, 0.25) is 5.91 Å². The highest BCUT2D eigenvalue weighted by Crippen LogP contribution is 2.50. The van der Waals surface area contributed by atoms with Crippen LogP contribution >= 0.6 is 0 Å². The molecule has 1 saturated carbocycles. The Kier molecular flexibility index (Phi) is 9.93. The van der Waals surface area contributed by atoms with Crippen molar-refractivity contribution in [1.82, 2.24) is 15.5 Å². The van der Waals surface area contributed by atoms with Crippen molar-refractivity contribution in [3.8, 4) is 0 Å². The molecule has 12 heteroatoms. The first kappa shape index (κ1) is 32.3. The Morgan fingerprint density at radius 3 is 2.45 bits per heavy atom. The average molecular weight is 630 g/mol. The van der Waals surface area contributed by atoms with Gasteiger partial charge in [-0.15, -0.1) is 0 Å². The van der Waals surface area contributed by atoms with Crippen molar-refractivity contribution in [3.63, 3.8) is 0 Å². The van der Waals surface area contributed by atoms with Crippen molar-refractivity contribution in [1.29, 1.82) is 0 Å². The Morgan fingerprint density at radius 2 is 1.84 bits per heavy atom. The Bertz CT molecular complexity index is 1350. The van der Waals surface area contributed by atoms with Gasteiger partial charge in [-0.1, -0.05) is 18.6 Å². The van der Waals surface area contributed by atoms with E-state index >= 15 is 0 Å². The summed E-state index contributed by atoms with van der Waals surface area (Å²) in [4.78, 5) is 29.1. The number of amides is 2. The molecule has 5 rings (SSSR count). The molecule has 1 aliphatic carbocycles. The summed E-state index contributed by atoms with van der Waals surface area (Å²) in [6, 6.07) is 13.1. The first-order valence-electron chi connectivity index (χ1n) is 15.3. The zero-order chi connectivity index (χ0) is 31.5. The summed E-state index contributed by atoms with van der Waals surface area (Å²) in [5.74, 6) is -0.446. The number of rotatable bonds is 10. The molecule has 4 atom stereocenters. The van der Waals surface area contributed by atoms with E-state index in [1.807, 2.05) is 11.0 Å². The van der Waals surface area contributed by atoms with Gasteiger partial charge in [0.15, 0.2) is 0 Å². The Morgan fingerprint density at radius 1 is 1.14 bits per heavy atom. The zero-order valence-electron chi connectivity index (χ0n) is 25.3. The molecule has 1 unspecified atom stereocenters. The van der Waals surface area contributed by atoms with E-state index in [2.05, 4.69) is 15.5 Å². The summed E-state index contributed by atoms with van der Waals surface area (Å²) < 4.78 is 42.0. The van der Waals surface area contributed by atoms with Crippen LogP contribution in [0.2, 0.25) is 0 Å². The van der Waals surface area contributed by atoms with Gasteiger partial charge in [0.05, 0.1) is 7.11 Å². The van der Waals surface area contributed by atoms with Crippen molar-refractivity contribution >= 4 is 28.8 Å². The summed E-state index contributed by atoms with van der Waals surface area (Å²) in [5, 5.41) is 17.4. The number of aliphatic hydroxyl groups is 1. The molecule has 2 aromatic rings. The van der Waals surface area contributed by atoms with Crippen LogP contribution < -0.4 is 15.5 Å². The lowest BCUT2D eigenvalue weighted by Gasteiger charge is -2.53. The van der Waals surface area contributed by atoms with Crippen LogP contribution in [0.15, 0.2) is 53.4 Å². The second-order valence-corrected chi connectivity index (χ2v) is 13.5. The van der Waals surface area contributed by atoms with E-state index < -0.39 is 28.2 Å². The number of likely N-dealkylation sites (tertiary alicyclic amines) is 1. The molecular formula is C32H42FN4O6S-. The number of hydrogen-bond donors (Lipinski definition) is 3. The van der Waals surface area contributed by atoms with Crippen LogP contribution in [-0.2, 0) is 26.0 Å². The van der Waals surface area contributed by atoms with Gasteiger partial charge in [-0.25, -0.2) is 9.18 Å². The number of alkyl carbamates (subject to hydrolysis) is 1. The standard InChI is InChI=1S/C32H43FN4O6S/c1-22(38)34-18-32(24-5-3-6-25(33)17-24,28-7-4-8-29(28)35-30(39)43-2)23-13-15-36(16-14-23)19-31(40)20-37(21-31)26-9-11-27(12-10-26)44(41)42/h3,5-6,9-12,17,23,28-29,40H,4,7-8,13-16,18-21H2,1-2H3,(H,34,38)(H,35,39)(H,41,42)/p-1/t28-,29-,32-/m0/s1. The number of nitrogens with zero attached hydrogens (tertiary/aromatic N) is 2. The molecular weight excluding hydrogens is 587 g/mol. The monoisotopic (exact) mass is 629 g/mol. The number of piperidine rings is 1. The van der Waals surface area contributed by atoms with Gasteiger partial charge in [0.25, 0.3) is 0 Å². The van der Waals surface area contributed by atoms with Gasteiger partial charge < -0.3 is 34.8 Å². The average Bonchev–Trinajstić information content (AvgIpc) is 3.45. The highest BCUT2D eigenvalue weighted by Gasteiger charge is 2.52. The van der Waals surface area contributed by atoms with Crippen molar-refractivity contribution in [2.24, 2.45) is 11.8 Å². The maximum absolute atomic E-state index is 14.8. The van der Waals surface area contributed by atoms with E-state index in [1.54, 1.807) is 36.4 Å². The topological polar surface area (TPSA) is 134 Å². The number of halogens is 1. The minimum absolute atomic E-state index is 0.0402. The van der Waals surface area contributed by atoms with E-state index in [0.29, 0.717) is 26.2 Å². The number of nitrogens with one attached hydrogen (secondary N) is 2. The van der Waals surface area contributed by atoms with Crippen LogP contribution in [0.4, 0.5) is 14.9 Å². The predicted molar refractivity (Wildman–Crippen MR) is 163 cm³/mol. The molecule has 3 aliphatic rings. The largest absolute Gasteiger partial charge is 0.768 e. The summed E-state index contributed by atoms with van der Waals surface area (Å²) >= 11 is -2.28. The van der Waals surface area contributed by atoms with Crippen LogP contribution in [0.3, 0.4) is 0 Å². The molecule has 0 aromatic heterocycles. The lowest BCUT2D eigenvalue weighted by molar-refractivity contribution is -0.119. The highest BCUT2D eigenvalue weighted by molar-refractivity contribution is 7.79. The molecule has 2 saturated heterocycles. The molecule has 0 radical (unpaired) electrons. The molecule has 240 valence electrons. The second kappa shape index (κ2) is 13.5. The third-order valence-corrected chi connectivity index (χ3v) is 10.5. The SMILES string of the molecule is COC(=O)N[C@H]1CCC[C@@H]1[C@](CNC(C)=O)(c1cccc(F)c1)C1CCN(CC2(O)CN(c3ccc(S(=O)[O-])cc3)C2)CC1. The minimum Gasteiger partial charge on any atom is -0.768 e. The third-order valence-electron chi connectivity index (χ3n) is 9.86. The third kappa shape index (κ3) is 6.93. The molecule has 0 bridgehead atoms. The molecule has 3 fully saturated rings. The number of ether oxygens (including phenoxy) is 1. The van der Waals surface area contributed by atoms with Crippen molar-refractivity contribution in [2.75, 3.05) is 51.3 Å². The summed E-state index contributed by atoms with van der Waals surface area (Å²) in [5.41, 5.74) is 0.191. The highest BCUT2D eigenvalue weighted by atomic mass is 32.2. The predicted octanol–water partition coefficient (Wildman–Crippen LogP) is 2.93. The Balaban J connectivity index is 1.32. The van der Waals surface area contributed by atoms with E-state index in [9.17, 15) is 27.8 Å². The lowest BCUT2D eigenvalue weighted by Crippen LogP contribution is -2.67. The van der Waals surface area contributed by atoms with Crippen molar-refractivity contribution in [3.05, 3.63) is 59.9 Å². The molecule has 2 heterocycles. The van der Waals surface area contributed by atoms with E-state index in [0.717, 1.165) is 56.4 Å². The van der Waals surface area contributed by atoms with Crippen LogP contribution in [0.5, 0.6) is 0 Å². The van der Waals surface area contributed by atoms with E-state index in [4.69, 9.17) is 4.74 Å². The minimum atomic E-state index is -2.28. The summed E-state index contributed by atoms with van der Waals surface area (Å²) in [7, 11) is 1.34. The molecule has 2 aliphatic heterocycles. The number of carbonyl (C=O) groups excluding carboxylic acids is 2. The first-order chi connectivity index (χ1) is 21.0. The number of hydrogen-bond acceptors (Lipinski definition) is 8. The van der Waals surface area contributed by atoms with Gasteiger partial charge in [-0.05, 0) is 104 Å². The van der Waals surface area contributed by atoms with Gasteiger partial charge in [-0.3, -0.25) is 9.00 Å². The Hall–Kier alpha value is -3.06. The van der Waals surface area contributed by atoms with Gasteiger partial charge in [-0.2, -0.15) is 0 Å². The number of methoxy groups -OCH3 is 1. The number of anilines is 1. The fourth-order valence-corrected chi connectivity index (χ4v) is 8.23. The van der Waals surface area contributed by atoms with Crippen LogP contribution in [-0.4, -0.2) is 88.8 Å². The van der Waals surface area contributed by atoms with Crippen molar-refractivity contribution in [2.45, 2.75) is 61.0 Å². The van der Waals surface area contributed by atoms with Crippen LogP contribution in [0, 0.1) is 17.7 Å². The quantitative estimate of drug-likeness (QED) is 0.342. The second-order valence-electron chi connectivity index (χ2n) is 12.6. The van der Waals surface area contributed by atoms with Crippen molar-refractivity contribution < 1.29 is 32.6 Å². The van der Waals surface area contributed by atoms with E-state index in [-0.39, 0.29) is 34.5 Å². The normalized spacial score (nSPS) is 24.2. The maximum Gasteiger partial charge on any atom is 0.407 e. The molecule has 3 N–H and O–H groups in total. The van der Waals surface area contributed by atoms with Gasteiger partial charge in [0, 0.05) is 55.1 Å². The van der Waals surface area contributed by atoms with Crippen LogP contribution in [0.25, 0.3) is 0 Å². The number of benzene rings is 2. The summed E-state index contributed by atoms with van der Waals surface area (Å²) in [6.45, 7) is 4.69. The molecule has 2 amide bonds. The number of β-amino-alcohol motifs (C(OH)–C–C–N with tert-alkyl or cyclic N) is 1. The lowest BCUT2D eigenvalue weighted by atomic mass is 9.58. The fraction of sp³-hybridized carbons (Fsp3) is 0.562. The molecule has 2 aromatic carbocycles. The number of carbonyl (C=O) groups is 2. The first-order valence-corrected chi connectivity index (χ1v) is 16.3. The molecule has 0 spiro atoms. The maximum atomic E-state index is 14.8. The fourth-order valence-electron chi connectivity index (χ4n) is 7.88. The smallest absolute Gasteiger partial charge is 0.407 e.